The van der Waals surface area contributed by atoms with Crippen molar-refractivity contribution < 1.29 is 13.2 Å². The normalized spacial score (nSPS) is 51.0. The Labute approximate surface area is 93.6 Å². The lowest BCUT2D eigenvalue weighted by Crippen LogP contribution is -2.59. The van der Waals surface area contributed by atoms with Crippen LogP contribution in [0.1, 0.15) is 38.5 Å². The highest BCUT2D eigenvalue weighted by Crippen LogP contribution is 2.69. The van der Waals surface area contributed by atoms with Gasteiger partial charge in [0.2, 0.25) is 0 Å². The fourth-order valence-corrected chi connectivity index (χ4v) is 5.02. The molecule has 0 spiro atoms. The van der Waals surface area contributed by atoms with Gasteiger partial charge in [-0.1, -0.05) is 0 Å². The molecule has 0 heterocycles. The van der Waals surface area contributed by atoms with Gasteiger partial charge in [-0.2, -0.15) is 13.2 Å². The van der Waals surface area contributed by atoms with Gasteiger partial charge in [-0.25, -0.2) is 0 Å². The molecule has 4 rings (SSSR count). The summed E-state index contributed by atoms with van der Waals surface area (Å²) in [5.74, 6) is 0.567. The standard InChI is InChI=1S/C12H18F3N/c13-12(14,15)11-4-8-1-9(5-11)3-10(2-8,6-11)7-16/h8-9H,1-7,16H2/t8-,9-,10?,11?/m1/s1. The van der Waals surface area contributed by atoms with Crippen LogP contribution in [0.4, 0.5) is 13.2 Å². The molecule has 0 saturated heterocycles. The van der Waals surface area contributed by atoms with Crippen molar-refractivity contribution >= 4 is 0 Å². The molecule has 0 aliphatic heterocycles. The third-order valence-electron chi connectivity index (χ3n) is 5.22. The van der Waals surface area contributed by atoms with Crippen molar-refractivity contribution in [2.45, 2.75) is 44.7 Å². The summed E-state index contributed by atoms with van der Waals surface area (Å²) >= 11 is 0. The van der Waals surface area contributed by atoms with Crippen molar-refractivity contribution in [1.29, 1.82) is 0 Å². The number of hydrogen-bond donors (Lipinski definition) is 1. The van der Waals surface area contributed by atoms with Crippen LogP contribution in [0.25, 0.3) is 0 Å². The van der Waals surface area contributed by atoms with E-state index in [2.05, 4.69) is 0 Å². The molecule has 4 aliphatic carbocycles. The van der Waals surface area contributed by atoms with Crippen LogP contribution >= 0.6 is 0 Å². The number of hydrogen-bond acceptors (Lipinski definition) is 1. The van der Waals surface area contributed by atoms with Crippen molar-refractivity contribution in [3.63, 3.8) is 0 Å². The second kappa shape index (κ2) is 2.95. The van der Waals surface area contributed by atoms with E-state index < -0.39 is 11.6 Å². The SMILES string of the molecule is NCC12C[C@H]3C[C@H](C1)CC(C(F)(F)F)(C3)C2. The average molecular weight is 233 g/mol. The molecular weight excluding hydrogens is 215 g/mol. The molecule has 0 aromatic rings. The van der Waals surface area contributed by atoms with Gasteiger partial charge in [-0.05, 0) is 62.3 Å². The molecule has 0 radical (unpaired) electrons. The number of rotatable bonds is 1. The predicted molar refractivity (Wildman–Crippen MR) is 54.7 cm³/mol. The predicted octanol–water partition coefficient (Wildman–Crippen LogP) is 3.09. The maximum Gasteiger partial charge on any atom is 0.394 e. The highest BCUT2D eigenvalue weighted by molar-refractivity contribution is 5.10. The van der Waals surface area contributed by atoms with Gasteiger partial charge in [-0.15, -0.1) is 0 Å². The van der Waals surface area contributed by atoms with Crippen LogP contribution in [0.2, 0.25) is 0 Å². The van der Waals surface area contributed by atoms with Gasteiger partial charge in [0.25, 0.3) is 0 Å². The molecule has 16 heavy (non-hydrogen) atoms. The summed E-state index contributed by atoms with van der Waals surface area (Å²) in [6.07, 6.45) is -0.0864. The van der Waals surface area contributed by atoms with Crippen LogP contribution in [-0.4, -0.2) is 12.7 Å². The molecule has 1 nitrogen and oxygen atoms in total. The molecule has 4 fully saturated rings. The van der Waals surface area contributed by atoms with Gasteiger partial charge < -0.3 is 5.73 Å². The van der Waals surface area contributed by atoms with Crippen LogP contribution < -0.4 is 5.73 Å². The van der Waals surface area contributed by atoms with Gasteiger partial charge in [0.15, 0.2) is 0 Å². The third-order valence-corrected chi connectivity index (χ3v) is 5.22. The molecule has 4 saturated carbocycles. The van der Waals surface area contributed by atoms with Crippen molar-refractivity contribution in [3.05, 3.63) is 0 Å². The quantitative estimate of drug-likeness (QED) is 0.740. The first-order valence-corrected chi connectivity index (χ1v) is 6.15. The smallest absolute Gasteiger partial charge is 0.330 e. The summed E-state index contributed by atoms with van der Waals surface area (Å²) < 4.78 is 39.8. The molecule has 2 atom stereocenters. The topological polar surface area (TPSA) is 26.0 Å². The largest absolute Gasteiger partial charge is 0.394 e. The van der Waals surface area contributed by atoms with Crippen LogP contribution in [0.5, 0.6) is 0 Å². The van der Waals surface area contributed by atoms with E-state index in [1.165, 1.54) is 0 Å². The van der Waals surface area contributed by atoms with Crippen LogP contribution in [-0.2, 0) is 0 Å². The fourth-order valence-electron chi connectivity index (χ4n) is 5.02. The highest BCUT2D eigenvalue weighted by Gasteiger charge is 2.66. The maximum atomic E-state index is 13.3. The molecule has 4 aliphatic rings. The minimum atomic E-state index is -4.02. The summed E-state index contributed by atoms with van der Waals surface area (Å²) in [6, 6.07) is 0. The molecular formula is C12H18F3N. The monoisotopic (exact) mass is 233 g/mol. The zero-order chi connectivity index (χ0) is 11.6. The van der Waals surface area contributed by atoms with Crippen LogP contribution in [0, 0.1) is 22.7 Å². The summed E-state index contributed by atoms with van der Waals surface area (Å²) in [7, 11) is 0. The number of nitrogens with two attached hydrogens (primary N) is 1. The zero-order valence-corrected chi connectivity index (χ0v) is 9.32. The van der Waals surface area contributed by atoms with E-state index in [0.29, 0.717) is 25.8 Å². The lowest BCUT2D eigenvalue weighted by molar-refractivity contribution is -0.285. The minimum Gasteiger partial charge on any atom is -0.330 e. The molecule has 92 valence electrons. The molecule has 4 bridgehead atoms. The van der Waals surface area contributed by atoms with Gasteiger partial charge in [0.05, 0.1) is 5.41 Å². The molecule has 2 N–H and O–H groups in total. The molecule has 4 heteroatoms. The van der Waals surface area contributed by atoms with Gasteiger partial charge in [0, 0.05) is 0 Å². The summed E-state index contributed by atoms with van der Waals surface area (Å²) in [4.78, 5) is 0. The maximum absolute atomic E-state index is 13.3. The highest BCUT2D eigenvalue weighted by atomic mass is 19.4. The molecule has 0 aromatic heterocycles. The molecule has 0 amide bonds. The van der Waals surface area contributed by atoms with Crippen molar-refractivity contribution in [2.75, 3.05) is 6.54 Å². The van der Waals surface area contributed by atoms with E-state index in [4.69, 9.17) is 5.73 Å². The lowest BCUT2D eigenvalue weighted by atomic mass is 9.44. The first-order valence-electron chi connectivity index (χ1n) is 6.15. The fraction of sp³-hybridized carbons (Fsp3) is 1.00. The third kappa shape index (κ3) is 1.28. The van der Waals surface area contributed by atoms with E-state index in [1.54, 1.807) is 0 Å². The van der Waals surface area contributed by atoms with Gasteiger partial charge in [0.1, 0.15) is 0 Å². The van der Waals surface area contributed by atoms with E-state index in [9.17, 15) is 13.2 Å². The Kier molecular flexibility index (Phi) is 2.00. The van der Waals surface area contributed by atoms with Gasteiger partial charge in [-0.3, -0.25) is 0 Å². The van der Waals surface area contributed by atoms with Crippen molar-refractivity contribution in [3.8, 4) is 0 Å². The first kappa shape index (κ1) is 10.9. The van der Waals surface area contributed by atoms with E-state index >= 15 is 0 Å². The number of halogens is 3. The van der Waals surface area contributed by atoms with Gasteiger partial charge >= 0.3 is 6.18 Å². The van der Waals surface area contributed by atoms with Crippen LogP contribution in [0.15, 0.2) is 0 Å². The van der Waals surface area contributed by atoms with E-state index in [-0.39, 0.29) is 17.3 Å². The summed E-state index contributed by atoms with van der Waals surface area (Å²) in [6.45, 7) is 0.442. The first-order chi connectivity index (χ1) is 7.38. The number of alkyl halides is 3. The van der Waals surface area contributed by atoms with E-state index in [1.807, 2.05) is 0 Å². The van der Waals surface area contributed by atoms with Crippen molar-refractivity contribution in [1.82, 2.24) is 0 Å². The Bertz CT molecular complexity index is 296. The Morgan fingerprint density at radius 1 is 1.06 bits per heavy atom. The van der Waals surface area contributed by atoms with Crippen LogP contribution in [0.3, 0.4) is 0 Å². The Morgan fingerprint density at radius 2 is 1.62 bits per heavy atom. The Morgan fingerprint density at radius 3 is 2.06 bits per heavy atom. The Hall–Kier alpha value is -0.250. The van der Waals surface area contributed by atoms with E-state index in [0.717, 1.165) is 19.3 Å². The second-order valence-electron chi connectivity index (χ2n) is 6.44. The Balaban J connectivity index is 1.99. The second-order valence-corrected chi connectivity index (χ2v) is 6.44. The van der Waals surface area contributed by atoms with Crippen molar-refractivity contribution in [2.24, 2.45) is 28.4 Å². The molecule has 0 unspecified atom stereocenters. The summed E-state index contributed by atoms with van der Waals surface area (Å²) in [5, 5.41) is 0. The lowest BCUT2D eigenvalue weighted by Gasteiger charge is -2.62. The zero-order valence-electron chi connectivity index (χ0n) is 9.32. The molecule has 0 aromatic carbocycles. The minimum absolute atomic E-state index is 0.181. The summed E-state index contributed by atoms with van der Waals surface area (Å²) in [5.41, 5.74) is 4.20. The average Bonchev–Trinajstić information content (AvgIpc) is 2.14.